The first-order valence-electron chi connectivity index (χ1n) is 10.1. The molecule has 0 saturated heterocycles. The van der Waals surface area contributed by atoms with Gasteiger partial charge in [-0.3, -0.25) is 0 Å². The molecule has 0 unspecified atom stereocenters. The van der Waals surface area contributed by atoms with Gasteiger partial charge in [-0.05, 0) is 79.2 Å². The SMILES string of the molecule is O=S(=O)([O-])c1c(I)cc(OCc2ccc(COc3c(F)c(F)c(F)c(F)c3F)c3ccccc23)cc1I. The lowest BCUT2D eigenvalue weighted by molar-refractivity contribution is 0.254. The molecule has 0 atom stereocenters. The summed E-state index contributed by atoms with van der Waals surface area (Å²) >= 11 is 3.47. The fourth-order valence-corrected chi connectivity index (χ4v) is 7.48. The maximum atomic E-state index is 14.0. The zero-order valence-electron chi connectivity index (χ0n) is 18.1. The van der Waals surface area contributed by atoms with E-state index in [1.165, 1.54) is 12.1 Å². The number of hydrogen-bond donors (Lipinski definition) is 0. The maximum absolute atomic E-state index is 14.0. The molecule has 194 valence electrons. The molecular formula is C24H12F5I2O5S-. The fourth-order valence-electron chi connectivity index (χ4n) is 3.56. The first kappa shape index (κ1) is 27.8. The van der Waals surface area contributed by atoms with Crippen LogP contribution in [0.5, 0.6) is 11.5 Å². The van der Waals surface area contributed by atoms with E-state index in [-0.39, 0.29) is 18.6 Å². The van der Waals surface area contributed by atoms with Gasteiger partial charge in [0.15, 0.2) is 5.75 Å². The Kier molecular flexibility index (Phi) is 8.16. The molecule has 0 aromatic heterocycles. The zero-order valence-corrected chi connectivity index (χ0v) is 23.3. The second-order valence-corrected chi connectivity index (χ2v) is 11.2. The summed E-state index contributed by atoms with van der Waals surface area (Å²) in [6.45, 7) is -0.448. The highest BCUT2D eigenvalue weighted by Gasteiger charge is 2.27. The number of hydrogen-bond acceptors (Lipinski definition) is 5. The highest BCUT2D eigenvalue weighted by Crippen LogP contribution is 2.32. The summed E-state index contributed by atoms with van der Waals surface area (Å²) < 4.78 is 114. The number of benzene rings is 4. The molecule has 0 amide bonds. The Morgan fingerprint density at radius 1 is 0.703 bits per heavy atom. The summed E-state index contributed by atoms with van der Waals surface area (Å²) in [5.41, 5.74) is 1.10. The molecule has 0 saturated carbocycles. The van der Waals surface area contributed by atoms with Crippen molar-refractivity contribution in [3.63, 3.8) is 0 Å². The molecule has 0 aliphatic carbocycles. The molecule has 0 bridgehead atoms. The molecule has 4 aromatic carbocycles. The molecule has 4 rings (SSSR count). The molecule has 0 fully saturated rings. The van der Waals surface area contributed by atoms with Crippen LogP contribution < -0.4 is 9.47 Å². The maximum Gasteiger partial charge on any atom is 0.207 e. The number of fused-ring (bicyclic) bond motifs is 1. The molecular weight excluding hydrogens is 749 g/mol. The van der Waals surface area contributed by atoms with E-state index in [0.717, 1.165) is 0 Å². The average Bonchev–Trinajstić information content (AvgIpc) is 2.84. The summed E-state index contributed by atoms with van der Waals surface area (Å²) in [6.07, 6.45) is 0. The normalized spacial score (nSPS) is 11.7. The van der Waals surface area contributed by atoms with Crippen LogP contribution in [0.3, 0.4) is 0 Å². The molecule has 0 N–H and O–H groups in total. The van der Waals surface area contributed by atoms with Crippen molar-refractivity contribution in [1.82, 2.24) is 0 Å². The topological polar surface area (TPSA) is 75.7 Å². The monoisotopic (exact) mass is 761 g/mol. The Bertz CT molecular complexity index is 1590. The van der Waals surface area contributed by atoms with Crippen molar-refractivity contribution in [1.29, 1.82) is 0 Å². The molecule has 0 radical (unpaired) electrons. The van der Waals surface area contributed by atoms with Crippen molar-refractivity contribution in [3.8, 4) is 11.5 Å². The van der Waals surface area contributed by atoms with Crippen molar-refractivity contribution < 1.29 is 44.4 Å². The van der Waals surface area contributed by atoms with Crippen molar-refractivity contribution in [2.45, 2.75) is 18.1 Å². The Morgan fingerprint density at radius 2 is 1.14 bits per heavy atom. The van der Waals surface area contributed by atoms with Crippen molar-refractivity contribution in [3.05, 3.63) is 95.9 Å². The molecule has 0 aliphatic rings. The van der Waals surface area contributed by atoms with Crippen LogP contribution in [-0.2, 0) is 23.3 Å². The minimum Gasteiger partial charge on any atom is -0.744 e. The van der Waals surface area contributed by atoms with Gasteiger partial charge in [0.1, 0.15) is 29.1 Å². The van der Waals surface area contributed by atoms with Crippen molar-refractivity contribution >= 4 is 66.1 Å². The lowest BCUT2D eigenvalue weighted by atomic mass is 10.0. The van der Waals surface area contributed by atoms with E-state index in [9.17, 15) is 34.9 Å². The Labute approximate surface area is 234 Å². The van der Waals surface area contributed by atoms with Crippen LogP contribution in [0.15, 0.2) is 53.4 Å². The molecule has 0 aliphatic heterocycles. The van der Waals surface area contributed by atoms with Crippen molar-refractivity contribution in [2.75, 3.05) is 0 Å². The standard InChI is InChI=1S/C24H13F5I2O5S/c25-18-19(26)21(28)23(22(29)20(18)27)36-10-12-6-5-11(14-3-1-2-4-15(12)14)9-35-13-7-16(30)24(17(31)8-13)37(32,33)34/h1-8H,9-10H2,(H,32,33,34)/p-1. The van der Waals surface area contributed by atoms with Gasteiger partial charge in [0.2, 0.25) is 29.1 Å². The molecule has 0 heterocycles. The minimum atomic E-state index is -4.66. The summed E-state index contributed by atoms with van der Waals surface area (Å²) in [5, 5.41) is 1.26. The van der Waals surface area contributed by atoms with Crippen LogP contribution in [0, 0.1) is 36.2 Å². The molecule has 5 nitrogen and oxygen atoms in total. The van der Waals surface area contributed by atoms with Gasteiger partial charge >= 0.3 is 0 Å². The van der Waals surface area contributed by atoms with Crippen molar-refractivity contribution in [2.24, 2.45) is 0 Å². The van der Waals surface area contributed by atoms with E-state index in [1.54, 1.807) is 81.6 Å². The van der Waals surface area contributed by atoms with Gasteiger partial charge in [0, 0.05) is 7.14 Å². The summed E-state index contributed by atoms with van der Waals surface area (Å²) in [6, 6.07) is 12.9. The van der Waals surface area contributed by atoms with Gasteiger partial charge < -0.3 is 14.0 Å². The van der Waals surface area contributed by atoms with E-state index in [1.807, 2.05) is 0 Å². The van der Waals surface area contributed by atoms with Gasteiger partial charge in [-0.2, -0.15) is 8.78 Å². The second kappa shape index (κ2) is 10.9. The van der Waals surface area contributed by atoms with Crippen LogP contribution in [0.4, 0.5) is 22.0 Å². The van der Waals surface area contributed by atoms with Crippen LogP contribution in [-0.4, -0.2) is 13.0 Å². The minimum absolute atomic E-state index is 0.0366. The Hall–Kier alpha value is -2.24. The number of rotatable bonds is 7. The van der Waals surface area contributed by atoms with Gasteiger partial charge in [-0.15, -0.1) is 0 Å². The highest BCUT2D eigenvalue weighted by molar-refractivity contribution is 14.1. The van der Waals surface area contributed by atoms with E-state index in [2.05, 4.69) is 0 Å². The first-order valence-corrected chi connectivity index (χ1v) is 13.7. The molecule has 4 aromatic rings. The molecule has 37 heavy (non-hydrogen) atoms. The smallest absolute Gasteiger partial charge is 0.207 e. The zero-order chi connectivity index (χ0) is 27.1. The molecule has 0 spiro atoms. The Balaban J connectivity index is 1.60. The lowest BCUT2D eigenvalue weighted by Gasteiger charge is -2.16. The third-order valence-corrected chi connectivity index (χ3v) is 8.64. The van der Waals surface area contributed by atoms with Crippen LogP contribution in [0.25, 0.3) is 10.8 Å². The van der Waals surface area contributed by atoms with Crippen LogP contribution in [0.2, 0.25) is 0 Å². The van der Waals surface area contributed by atoms with E-state index < -0.39 is 51.6 Å². The predicted octanol–water partition coefficient (Wildman–Crippen LogP) is 6.81. The lowest BCUT2D eigenvalue weighted by Crippen LogP contribution is -2.08. The van der Waals surface area contributed by atoms with Crippen LogP contribution in [0.1, 0.15) is 11.1 Å². The number of halogens is 7. The quantitative estimate of drug-likeness (QED) is 0.0681. The largest absolute Gasteiger partial charge is 0.744 e. The summed E-state index contributed by atoms with van der Waals surface area (Å²) in [4.78, 5) is -0.329. The third kappa shape index (κ3) is 5.63. The average molecular weight is 761 g/mol. The van der Waals surface area contributed by atoms with Gasteiger partial charge in [0.25, 0.3) is 0 Å². The highest BCUT2D eigenvalue weighted by atomic mass is 127. The van der Waals surface area contributed by atoms with Gasteiger partial charge in [-0.25, -0.2) is 21.6 Å². The van der Waals surface area contributed by atoms with Gasteiger partial charge in [-0.1, -0.05) is 36.4 Å². The first-order chi connectivity index (χ1) is 17.4. The molecule has 13 heteroatoms. The fraction of sp³-hybridized carbons (Fsp3) is 0.0833. The number of ether oxygens (including phenoxy) is 2. The second-order valence-electron chi connectivity index (χ2n) is 7.58. The summed E-state index contributed by atoms with van der Waals surface area (Å²) in [7, 11) is -4.66. The van der Waals surface area contributed by atoms with Gasteiger partial charge in [0.05, 0.1) is 4.90 Å². The van der Waals surface area contributed by atoms with E-state index >= 15 is 0 Å². The third-order valence-electron chi connectivity index (χ3n) is 5.26. The van der Waals surface area contributed by atoms with E-state index in [4.69, 9.17) is 9.47 Å². The Morgan fingerprint density at radius 3 is 1.59 bits per heavy atom. The summed E-state index contributed by atoms with van der Waals surface area (Å²) in [5.74, 6) is -11.7. The predicted molar refractivity (Wildman–Crippen MR) is 139 cm³/mol. The van der Waals surface area contributed by atoms with E-state index in [0.29, 0.717) is 27.6 Å². The van der Waals surface area contributed by atoms with Crippen LogP contribution >= 0.6 is 45.2 Å².